The van der Waals surface area contributed by atoms with Gasteiger partial charge in [-0.1, -0.05) is 0 Å². The Labute approximate surface area is 107 Å². The van der Waals surface area contributed by atoms with Crippen molar-refractivity contribution < 1.29 is 5.11 Å². The molecule has 16 heavy (non-hydrogen) atoms. The standard InChI is InChI=1S/C11H13BrN2OS/c1-7-5-8(14(2)13-7)6-9(15)10-3-4-11(12)16-10/h3-5,9,15H,6H2,1-2H3. The molecule has 86 valence electrons. The molecule has 0 aliphatic rings. The van der Waals surface area contributed by atoms with E-state index in [1.807, 2.05) is 36.9 Å². The van der Waals surface area contributed by atoms with Crippen molar-refractivity contribution in [2.24, 2.45) is 7.05 Å². The molecule has 1 atom stereocenters. The average Bonchev–Trinajstić information content (AvgIpc) is 2.74. The highest BCUT2D eigenvalue weighted by Crippen LogP contribution is 2.29. The molecule has 2 aromatic rings. The predicted octanol–water partition coefficient (Wildman–Crippen LogP) is 2.83. The normalized spacial score (nSPS) is 13.0. The fourth-order valence-corrected chi connectivity index (χ4v) is 3.07. The fourth-order valence-electron chi connectivity index (χ4n) is 1.66. The lowest BCUT2D eigenvalue weighted by molar-refractivity contribution is 0.179. The van der Waals surface area contributed by atoms with Gasteiger partial charge in [-0.3, -0.25) is 4.68 Å². The van der Waals surface area contributed by atoms with Gasteiger partial charge in [0.2, 0.25) is 0 Å². The van der Waals surface area contributed by atoms with Crippen molar-refractivity contribution in [2.45, 2.75) is 19.4 Å². The summed E-state index contributed by atoms with van der Waals surface area (Å²) in [6.07, 6.45) is 0.149. The van der Waals surface area contributed by atoms with Crippen molar-refractivity contribution in [1.82, 2.24) is 9.78 Å². The van der Waals surface area contributed by atoms with Gasteiger partial charge in [0.15, 0.2) is 0 Å². The van der Waals surface area contributed by atoms with Crippen molar-refractivity contribution >= 4 is 27.3 Å². The number of hydrogen-bond acceptors (Lipinski definition) is 3. The van der Waals surface area contributed by atoms with Gasteiger partial charge in [0, 0.05) is 24.0 Å². The lowest BCUT2D eigenvalue weighted by Gasteiger charge is -2.08. The first-order valence-electron chi connectivity index (χ1n) is 4.99. The molecule has 2 rings (SSSR count). The Morgan fingerprint density at radius 3 is 2.81 bits per heavy atom. The van der Waals surface area contributed by atoms with Crippen molar-refractivity contribution in [3.8, 4) is 0 Å². The SMILES string of the molecule is Cc1cc(CC(O)c2ccc(Br)s2)n(C)n1. The lowest BCUT2D eigenvalue weighted by atomic mass is 10.1. The van der Waals surface area contributed by atoms with Gasteiger partial charge in [-0.15, -0.1) is 11.3 Å². The highest BCUT2D eigenvalue weighted by molar-refractivity contribution is 9.11. The van der Waals surface area contributed by atoms with Crippen molar-refractivity contribution in [3.63, 3.8) is 0 Å². The van der Waals surface area contributed by atoms with Gasteiger partial charge in [0.1, 0.15) is 0 Å². The second-order valence-corrected chi connectivity index (χ2v) is 6.26. The van der Waals surface area contributed by atoms with Gasteiger partial charge in [-0.25, -0.2) is 0 Å². The maximum Gasteiger partial charge on any atom is 0.0937 e. The third-order valence-electron chi connectivity index (χ3n) is 2.42. The fraction of sp³-hybridized carbons (Fsp3) is 0.364. The molecule has 2 aromatic heterocycles. The van der Waals surface area contributed by atoms with Crippen LogP contribution in [0, 0.1) is 6.92 Å². The molecule has 2 heterocycles. The lowest BCUT2D eigenvalue weighted by Crippen LogP contribution is -2.05. The summed E-state index contributed by atoms with van der Waals surface area (Å²) in [6, 6.07) is 5.91. The van der Waals surface area contributed by atoms with E-state index in [9.17, 15) is 5.11 Å². The van der Waals surface area contributed by atoms with Crippen LogP contribution in [0.15, 0.2) is 22.0 Å². The number of aromatic nitrogens is 2. The van der Waals surface area contributed by atoms with E-state index >= 15 is 0 Å². The average molecular weight is 301 g/mol. The molecule has 0 aliphatic carbocycles. The highest BCUT2D eigenvalue weighted by Gasteiger charge is 2.13. The Morgan fingerprint density at radius 1 is 1.56 bits per heavy atom. The van der Waals surface area contributed by atoms with Gasteiger partial charge in [0.25, 0.3) is 0 Å². The van der Waals surface area contributed by atoms with Crippen LogP contribution in [0.1, 0.15) is 22.4 Å². The Morgan fingerprint density at radius 2 is 2.31 bits per heavy atom. The molecular weight excluding hydrogens is 288 g/mol. The largest absolute Gasteiger partial charge is 0.387 e. The number of aliphatic hydroxyl groups is 1. The number of nitrogens with zero attached hydrogens (tertiary/aromatic N) is 2. The molecule has 0 fully saturated rings. The Hall–Kier alpha value is -0.650. The summed E-state index contributed by atoms with van der Waals surface area (Å²) >= 11 is 4.96. The molecule has 0 saturated carbocycles. The van der Waals surface area contributed by atoms with Crippen LogP contribution < -0.4 is 0 Å². The van der Waals surface area contributed by atoms with Gasteiger partial charge in [0.05, 0.1) is 15.6 Å². The third-order valence-corrected chi connectivity index (χ3v) is 4.15. The predicted molar refractivity (Wildman–Crippen MR) is 68.6 cm³/mol. The molecule has 0 bridgehead atoms. The molecule has 0 amide bonds. The Balaban J connectivity index is 2.13. The minimum absolute atomic E-state index is 0.453. The summed E-state index contributed by atoms with van der Waals surface area (Å²) in [5.74, 6) is 0. The van der Waals surface area contributed by atoms with E-state index in [2.05, 4.69) is 21.0 Å². The summed E-state index contributed by atoms with van der Waals surface area (Å²) in [5, 5.41) is 14.3. The van der Waals surface area contributed by atoms with Crippen LogP contribution in [0.5, 0.6) is 0 Å². The number of thiophene rings is 1. The Kier molecular flexibility index (Phi) is 3.47. The summed E-state index contributed by atoms with van der Waals surface area (Å²) in [4.78, 5) is 0.978. The second kappa shape index (κ2) is 4.69. The number of halogens is 1. The minimum Gasteiger partial charge on any atom is -0.387 e. The van der Waals surface area contributed by atoms with Crippen molar-refractivity contribution in [2.75, 3.05) is 0 Å². The van der Waals surface area contributed by atoms with E-state index in [0.717, 1.165) is 20.1 Å². The minimum atomic E-state index is -0.453. The number of aliphatic hydroxyl groups excluding tert-OH is 1. The smallest absolute Gasteiger partial charge is 0.0937 e. The van der Waals surface area contributed by atoms with E-state index in [4.69, 9.17) is 0 Å². The monoisotopic (exact) mass is 300 g/mol. The van der Waals surface area contributed by atoms with Crippen LogP contribution in [-0.2, 0) is 13.5 Å². The van der Waals surface area contributed by atoms with E-state index in [1.54, 1.807) is 11.3 Å². The zero-order valence-corrected chi connectivity index (χ0v) is 11.5. The van der Waals surface area contributed by atoms with E-state index in [-0.39, 0.29) is 0 Å². The Bertz CT molecular complexity index is 492. The molecule has 0 aromatic carbocycles. The van der Waals surface area contributed by atoms with E-state index < -0.39 is 6.10 Å². The van der Waals surface area contributed by atoms with Crippen molar-refractivity contribution in [3.05, 3.63) is 38.3 Å². The summed E-state index contributed by atoms with van der Waals surface area (Å²) in [6.45, 7) is 1.96. The quantitative estimate of drug-likeness (QED) is 0.946. The van der Waals surface area contributed by atoms with Crippen molar-refractivity contribution in [1.29, 1.82) is 0 Å². The molecule has 0 saturated heterocycles. The van der Waals surface area contributed by atoms with Gasteiger partial charge in [-0.05, 0) is 41.1 Å². The summed E-state index contributed by atoms with van der Waals surface area (Å²) < 4.78 is 2.86. The van der Waals surface area contributed by atoms with Crippen LogP contribution >= 0.6 is 27.3 Å². The van der Waals surface area contributed by atoms with Crippen LogP contribution in [0.25, 0.3) is 0 Å². The van der Waals surface area contributed by atoms with Gasteiger partial charge < -0.3 is 5.11 Å². The van der Waals surface area contributed by atoms with Gasteiger partial charge in [-0.2, -0.15) is 5.10 Å². The molecule has 0 aliphatic heterocycles. The third kappa shape index (κ3) is 2.53. The highest BCUT2D eigenvalue weighted by atomic mass is 79.9. The first-order chi connectivity index (χ1) is 7.56. The van der Waals surface area contributed by atoms with Crippen LogP contribution in [0.4, 0.5) is 0 Å². The summed E-state index contributed by atoms with van der Waals surface area (Å²) in [7, 11) is 1.90. The molecule has 0 spiro atoms. The van der Waals surface area contributed by atoms with Gasteiger partial charge >= 0.3 is 0 Å². The molecular formula is C11H13BrN2OS. The first kappa shape index (κ1) is 11.8. The molecule has 1 N–H and O–H groups in total. The molecule has 5 heteroatoms. The maximum atomic E-state index is 10.1. The topological polar surface area (TPSA) is 38.0 Å². The van der Waals surface area contributed by atoms with Crippen LogP contribution in [0.2, 0.25) is 0 Å². The molecule has 1 unspecified atom stereocenters. The molecule has 3 nitrogen and oxygen atoms in total. The maximum absolute atomic E-state index is 10.1. The number of hydrogen-bond donors (Lipinski definition) is 1. The first-order valence-corrected chi connectivity index (χ1v) is 6.60. The van der Waals surface area contributed by atoms with E-state index in [0.29, 0.717) is 6.42 Å². The van der Waals surface area contributed by atoms with Crippen LogP contribution in [-0.4, -0.2) is 14.9 Å². The second-order valence-electron chi connectivity index (χ2n) is 3.76. The van der Waals surface area contributed by atoms with Crippen LogP contribution in [0.3, 0.4) is 0 Å². The number of rotatable bonds is 3. The number of aryl methyl sites for hydroxylation is 2. The zero-order valence-electron chi connectivity index (χ0n) is 9.14. The molecule has 0 radical (unpaired) electrons. The zero-order chi connectivity index (χ0) is 11.7. The summed E-state index contributed by atoms with van der Waals surface area (Å²) in [5.41, 5.74) is 2.03. The van der Waals surface area contributed by atoms with E-state index in [1.165, 1.54) is 0 Å².